The van der Waals surface area contributed by atoms with E-state index in [0.717, 1.165) is 12.2 Å². The third kappa shape index (κ3) is 2.02. The molecule has 0 spiro atoms. The largest absolute Gasteiger partial charge is 0.386 e. The Morgan fingerprint density at radius 1 is 1.67 bits per heavy atom. The molecular formula is C10H14N2O3. The quantitative estimate of drug-likeness (QED) is 0.519. The fraction of sp³-hybridized carbons (Fsp3) is 0.600. The van der Waals surface area contributed by atoms with Gasteiger partial charge >= 0.3 is 0 Å². The second-order valence-electron chi connectivity index (χ2n) is 3.85. The maximum absolute atomic E-state index is 10.7. The number of ether oxygens (including phenoxy) is 1. The molecule has 2 rings (SSSR count). The molecular weight excluding hydrogens is 196 g/mol. The normalized spacial score (nSPS) is 30.5. The molecule has 15 heavy (non-hydrogen) atoms. The van der Waals surface area contributed by atoms with Gasteiger partial charge in [0.1, 0.15) is 0 Å². The maximum Gasteiger partial charge on any atom is 0.267 e. The highest BCUT2D eigenvalue weighted by atomic mass is 16.6. The molecule has 82 valence electrons. The molecule has 0 aromatic carbocycles. The Balaban J connectivity index is 2.32. The molecule has 0 amide bonds. The summed E-state index contributed by atoms with van der Waals surface area (Å²) in [5, 5.41) is 13.9. The van der Waals surface area contributed by atoms with E-state index in [2.05, 4.69) is 5.32 Å². The van der Waals surface area contributed by atoms with Crippen molar-refractivity contribution in [2.24, 2.45) is 5.92 Å². The van der Waals surface area contributed by atoms with Crippen molar-refractivity contribution in [2.45, 2.75) is 19.4 Å². The fourth-order valence-electron chi connectivity index (χ4n) is 1.95. The van der Waals surface area contributed by atoms with Crippen LogP contribution in [0.4, 0.5) is 0 Å². The Hall–Kier alpha value is -1.36. The third-order valence-electron chi connectivity index (χ3n) is 2.88. The topological polar surface area (TPSA) is 64.4 Å². The van der Waals surface area contributed by atoms with Crippen molar-refractivity contribution in [1.29, 1.82) is 0 Å². The number of rotatable bonds is 1. The van der Waals surface area contributed by atoms with Gasteiger partial charge in [-0.05, 0) is 12.5 Å². The molecule has 1 heterocycles. The first-order valence-corrected chi connectivity index (χ1v) is 5.10. The summed E-state index contributed by atoms with van der Waals surface area (Å²) in [5.41, 5.74) is 1.08. The fourth-order valence-corrected chi connectivity index (χ4v) is 1.95. The molecule has 5 nitrogen and oxygen atoms in total. The van der Waals surface area contributed by atoms with Crippen LogP contribution < -0.4 is 5.32 Å². The van der Waals surface area contributed by atoms with Gasteiger partial charge in [0, 0.05) is 24.2 Å². The van der Waals surface area contributed by atoms with Gasteiger partial charge in [0.2, 0.25) is 0 Å². The van der Waals surface area contributed by atoms with Gasteiger partial charge in [0.15, 0.2) is 0 Å². The van der Waals surface area contributed by atoms with Gasteiger partial charge in [-0.1, -0.05) is 6.92 Å². The zero-order chi connectivity index (χ0) is 10.8. The van der Waals surface area contributed by atoms with Crippen LogP contribution in [0.15, 0.2) is 23.5 Å². The second kappa shape index (κ2) is 4.02. The Kier molecular flexibility index (Phi) is 2.73. The number of hydrogen-bond donors (Lipinski definition) is 1. The van der Waals surface area contributed by atoms with Crippen LogP contribution in [0.3, 0.4) is 0 Å². The predicted octanol–water partition coefficient (Wildman–Crippen LogP) is 1.06. The number of fused-ring (bicyclic) bond motifs is 2. The summed E-state index contributed by atoms with van der Waals surface area (Å²) in [6, 6.07) is 0. The smallest absolute Gasteiger partial charge is 0.267 e. The molecule has 1 aliphatic heterocycles. The van der Waals surface area contributed by atoms with Gasteiger partial charge in [0.25, 0.3) is 5.70 Å². The summed E-state index contributed by atoms with van der Waals surface area (Å²) < 4.78 is 5.62. The van der Waals surface area contributed by atoms with Crippen molar-refractivity contribution in [1.82, 2.24) is 5.32 Å². The van der Waals surface area contributed by atoms with Crippen molar-refractivity contribution in [3.63, 3.8) is 0 Å². The summed E-state index contributed by atoms with van der Waals surface area (Å²) in [4.78, 5) is 10.4. The minimum absolute atomic E-state index is 0.0590. The average Bonchev–Trinajstić information content (AvgIpc) is 2.47. The number of nitro groups is 1. The van der Waals surface area contributed by atoms with Crippen LogP contribution in [0.2, 0.25) is 0 Å². The predicted molar refractivity (Wildman–Crippen MR) is 54.7 cm³/mol. The lowest BCUT2D eigenvalue weighted by atomic mass is 10.00. The molecule has 5 heteroatoms. The van der Waals surface area contributed by atoms with E-state index in [0.29, 0.717) is 13.0 Å². The lowest BCUT2D eigenvalue weighted by Crippen LogP contribution is -2.23. The molecule has 2 aliphatic rings. The maximum atomic E-state index is 10.7. The minimum Gasteiger partial charge on any atom is -0.386 e. The molecule has 1 saturated heterocycles. The van der Waals surface area contributed by atoms with Crippen LogP contribution in [-0.4, -0.2) is 24.2 Å². The SMILES string of the molecule is CC1C2=CC([N+](=O)[O-])=CCC1OCCN2. The summed E-state index contributed by atoms with van der Waals surface area (Å²) >= 11 is 0. The van der Waals surface area contributed by atoms with Crippen molar-refractivity contribution in [3.8, 4) is 0 Å². The van der Waals surface area contributed by atoms with Gasteiger partial charge in [-0.25, -0.2) is 0 Å². The van der Waals surface area contributed by atoms with Crippen LogP contribution in [0, 0.1) is 16.0 Å². The van der Waals surface area contributed by atoms with E-state index >= 15 is 0 Å². The molecule has 1 fully saturated rings. The first-order valence-electron chi connectivity index (χ1n) is 5.10. The van der Waals surface area contributed by atoms with Crippen LogP contribution in [0.5, 0.6) is 0 Å². The van der Waals surface area contributed by atoms with Crippen LogP contribution in [-0.2, 0) is 4.74 Å². The molecule has 2 bridgehead atoms. The van der Waals surface area contributed by atoms with Gasteiger partial charge in [-0.15, -0.1) is 0 Å². The van der Waals surface area contributed by atoms with Gasteiger partial charge in [-0.3, -0.25) is 10.1 Å². The molecule has 1 aliphatic carbocycles. The lowest BCUT2D eigenvalue weighted by molar-refractivity contribution is -0.419. The van der Waals surface area contributed by atoms with E-state index < -0.39 is 0 Å². The summed E-state index contributed by atoms with van der Waals surface area (Å²) in [7, 11) is 0. The van der Waals surface area contributed by atoms with Crippen molar-refractivity contribution in [3.05, 3.63) is 33.7 Å². The minimum atomic E-state index is -0.349. The monoisotopic (exact) mass is 210 g/mol. The van der Waals surface area contributed by atoms with Crippen LogP contribution >= 0.6 is 0 Å². The zero-order valence-corrected chi connectivity index (χ0v) is 8.60. The highest BCUT2D eigenvalue weighted by molar-refractivity contribution is 5.23. The second-order valence-corrected chi connectivity index (χ2v) is 3.85. The van der Waals surface area contributed by atoms with Gasteiger partial charge in [0.05, 0.1) is 17.6 Å². The molecule has 0 aromatic rings. The highest BCUT2D eigenvalue weighted by Gasteiger charge is 2.28. The van der Waals surface area contributed by atoms with E-state index in [1.54, 1.807) is 12.2 Å². The molecule has 1 N–H and O–H groups in total. The molecule has 0 saturated carbocycles. The first-order chi connectivity index (χ1) is 7.18. The summed E-state index contributed by atoms with van der Waals surface area (Å²) in [6.07, 6.45) is 3.93. The zero-order valence-electron chi connectivity index (χ0n) is 8.60. The Bertz CT molecular complexity index is 336. The van der Waals surface area contributed by atoms with Crippen molar-refractivity contribution >= 4 is 0 Å². The Morgan fingerprint density at radius 2 is 2.47 bits per heavy atom. The average molecular weight is 210 g/mol. The number of hydrogen-bond acceptors (Lipinski definition) is 4. The van der Waals surface area contributed by atoms with Crippen molar-refractivity contribution < 1.29 is 9.66 Å². The Morgan fingerprint density at radius 3 is 3.20 bits per heavy atom. The van der Waals surface area contributed by atoms with E-state index in [4.69, 9.17) is 4.74 Å². The van der Waals surface area contributed by atoms with E-state index in [1.807, 2.05) is 6.92 Å². The Labute approximate surface area is 87.9 Å². The van der Waals surface area contributed by atoms with Gasteiger partial charge < -0.3 is 10.1 Å². The molecule has 2 atom stereocenters. The molecule has 0 radical (unpaired) electrons. The molecule has 0 aromatic heterocycles. The number of nitrogens with one attached hydrogen (secondary N) is 1. The third-order valence-corrected chi connectivity index (χ3v) is 2.88. The van der Waals surface area contributed by atoms with Crippen LogP contribution in [0.1, 0.15) is 13.3 Å². The highest BCUT2D eigenvalue weighted by Crippen LogP contribution is 2.26. The number of allylic oxidation sites excluding steroid dienone is 1. The van der Waals surface area contributed by atoms with E-state index in [-0.39, 0.29) is 22.6 Å². The van der Waals surface area contributed by atoms with Crippen LogP contribution in [0.25, 0.3) is 0 Å². The van der Waals surface area contributed by atoms with Crippen molar-refractivity contribution in [2.75, 3.05) is 13.2 Å². The standard InChI is InChI=1S/C10H14N2O3/c1-7-9-6-8(12(13)14)2-3-10(7)15-5-4-11-9/h2,6-7,10-11H,3-5H2,1H3. The van der Waals surface area contributed by atoms with Gasteiger partial charge in [-0.2, -0.15) is 0 Å². The van der Waals surface area contributed by atoms with E-state index in [9.17, 15) is 10.1 Å². The van der Waals surface area contributed by atoms with E-state index in [1.165, 1.54) is 0 Å². The summed E-state index contributed by atoms with van der Waals surface area (Å²) in [5.74, 6) is 0.196. The summed E-state index contributed by atoms with van der Waals surface area (Å²) in [6.45, 7) is 3.41. The lowest BCUT2D eigenvalue weighted by Gasteiger charge is -2.19. The number of nitrogens with zero attached hydrogens (tertiary/aromatic N) is 1. The first kappa shape index (κ1) is 10.2. The molecule has 2 unspecified atom stereocenters.